The Morgan fingerprint density at radius 2 is 0.938 bits per heavy atom. The van der Waals surface area contributed by atoms with Crippen molar-refractivity contribution in [2.75, 3.05) is 0 Å². The molecule has 6 N–H and O–H groups in total. The molecule has 4 aromatic rings. The van der Waals surface area contributed by atoms with Gasteiger partial charge in [-0.2, -0.15) is 22.7 Å². The van der Waals surface area contributed by atoms with Crippen LogP contribution in [-0.4, -0.2) is 34.0 Å². The van der Waals surface area contributed by atoms with Crippen molar-refractivity contribution in [3.05, 3.63) is 92.3 Å². The number of fused-ring (bicyclic) bond motifs is 1. The summed E-state index contributed by atoms with van der Waals surface area (Å²) in [6.07, 6.45) is 0. The molecule has 10 heteroatoms. The van der Waals surface area contributed by atoms with Crippen LogP contribution >= 0.6 is 22.7 Å². The highest BCUT2D eigenvalue weighted by Gasteiger charge is 2.31. The second kappa shape index (κ2) is 11.4. The van der Waals surface area contributed by atoms with Crippen molar-refractivity contribution in [3.8, 4) is 0 Å². The summed E-state index contributed by atoms with van der Waals surface area (Å²) in [5.74, 6) is -5.59. The predicted octanol–water partition coefficient (Wildman–Crippen LogP) is 3.93. The Balaban J connectivity index is 0.000000294. The van der Waals surface area contributed by atoms with Gasteiger partial charge in [0, 0.05) is 0 Å². The lowest BCUT2D eigenvalue weighted by atomic mass is 9.88. The summed E-state index contributed by atoms with van der Waals surface area (Å²) in [6.45, 7) is 0. The summed E-state index contributed by atoms with van der Waals surface area (Å²) >= 11 is 3.43. The second-order valence-electron chi connectivity index (χ2n) is 5.97. The van der Waals surface area contributed by atoms with Crippen LogP contribution in [0.4, 0.5) is 0 Å². The SMILES string of the molecule is NC(=O)c1c(C(=O)O)c(C(=O)O)c2ccccc2c1C(N)=O.c1ccsc1.c1ccsc1. The highest BCUT2D eigenvalue weighted by atomic mass is 32.1. The number of carbonyl (C=O) groups excluding carboxylic acids is 2. The van der Waals surface area contributed by atoms with Gasteiger partial charge in [0.05, 0.1) is 22.3 Å². The Bertz CT molecular complexity index is 1100. The van der Waals surface area contributed by atoms with Crippen LogP contribution in [0.3, 0.4) is 0 Å². The number of carboxylic acids is 2. The van der Waals surface area contributed by atoms with E-state index in [9.17, 15) is 29.4 Å². The Morgan fingerprint density at radius 3 is 1.22 bits per heavy atom. The van der Waals surface area contributed by atoms with Gasteiger partial charge in [0.1, 0.15) is 0 Å². The molecular weight excluding hydrogens is 452 g/mol. The van der Waals surface area contributed by atoms with Gasteiger partial charge >= 0.3 is 11.9 Å². The van der Waals surface area contributed by atoms with E-state index in [0.29, 0.717) is 0 Å². The first-order valence-electron chi connectivity index (χ1n) is 8.86. The standard InChI is InChI=1S/C14H10N2O6.2C4H4S/c15-11(17)7-5-3-1-2-4-6(5)8(13(19)20)10(14(21)22)9(7)12(16)18;2*1-2-4-5-3-1/h1-4H,(H2,15,17)(H2,16,18)(H,19,20)(H,21,22);2*1-4H. The number of hydrogen-bond donors (Lipinski definition) is 4. The highest BCUT2D eigenvalue weighted by Crippen LogP contribution is 2.31. The van der Waals surface area contributed by atoms with Crippen LogP contribution in [0.5, 0.6) is 0 Å². The van der Waals surface area contributed by atoms with Crippen molar-refractivity contribution in [2.24, 2.45) is 11.5 Å². The number of primary amides is 2. The Morgan fingerprint density at radius 1 is 0.562 bits per heavy atom. The molecule has 2 aromatic carbocycles. The van der Waals surface area contributed by atoms with Crippen LogP contribution in [0.15, 0.2) is 70.1 Å². The largest absolute Gasteiger partial charge is 0.478 e. The molecule has 0 radical (unpaired) electrons. The van der Waals surface area contributed by atoms with Gasteiger partial charge in [-0.15, -0.1) is 0 Å². The maximum absolute atomic E-state index is 11.7. The Kier molecular flexibility index (Phi) is 8.63. The molecule has 0 aliphatic rings. The first kappa shape index (κ1) is 24.3. The van der Waals surface area contributed by atoms with Gasteiger partial charge in [-0.1, -0.05) is 48.5 Å². The summed E-state index contributed by atoms with van der Waals surface area (Å²) in [5.41, 5.74) is 7.77. The van der Waals surface area contributed by atoms with E-state index in [4.69, 9.17) is 11.5 Å². The van der Waals surface area contributed by atoms with E-state index in [1.165, 1.54) is 24.3 Å². The summed E-state index contributed by atoms with van der Waals surface area (Å²) in [7, 11) is 0. The van der Waals surface area contributed by atoms with Crippen molar-refractivity contribution < 1.29 is 29.4 Å². The minimum Gasteiger partial charge on any atom is -0.478 e. The maximum atomic E-state index is 11.7. The summed E-state index contributed by atoms with van der Waals surface area (Å²) < 4.78 is 0. The fourth-order valence-electron chi connectivity index (χ4n) is 2.83. The third kappa shape index (κ3) is 5.78. The zero-order chi connectivity index (χ0) is 23.7. The van der Waals surface area contributed by atoms with Crippen LogP contribution < -0.4 is 11.5 Å². The predicted molar refractivity (Wildman–Crippen MR) is 124 cm³/mol. The molecule has 0 saturated heterocycles. The quantitative estimate of drug-likeness (QED) is 0.353. The first-order chi connectivity index (χ1) is 15.3. The molecule has 0 bridgehead atoms. The van der Waals surface area contributed by atoms with Crippen LogP contribution in [0.2, 0.25) is 0 Å². The van der Waals surface area contributed by atoms with Gasteiger partial charge < -0.3 is 21.7 Å². The second-order valence-corrected chi connectivity index (χ2v) is 7.60. The molecule has 32 heavy (non-hydrogen) atoms. The molecule has 0 aliphatic carbocycles. The van der Waals surface area contributed by atoms with Gasteiger partial charge in [-0.05, 0) is 32.3 Å². The molecule has 0 saturated carbocycles. The molecule has 0 aliphatic heterocycles. The molecule has 4 rings (SSSR count). The van der Waals surface area contributed by atoms with E-state index in [-0.39, 0.29) is 10.8 Å². The number of aromatic carboxylic acids is 2. The van der Waals surface area contributed by atoms with E-state index in [2.05, 4.69) is 0 Å². The minimum atomic E-state index is -1.69. The van der Waals surface area contributed by atoms with Gasteiger partial charge in [-0.25, -0.2) is 9.59 Å². The summed E-state index contributed by atoms with van der Waals surface area (Å²) in [6, 6.07) is 13.7. The smallest absolute Gasteiger partial charge is 0.337 e. The van der Waals surface area contributed by atoms with E-state index >= 15 is 0 Å². The molecule has 8 nitrogen and oxygen atoms in total. The Labute approximate surface area is 190 Å². The minimum absolute atomic E-state index is 0.0220. The van der Waals surface area contributed by atoms with E-state index in [1.807, 2.05) is 45.8 Å². The lowest BCUT2D eigenvalue weighted by molar-refractivity contribution is 0.0651. The number of benzene rings is 2. The highest BCUT2D eigenvalue weighted by molar-refractivity contribution is 7.08. The zero-order valence-electron chi connectivity index (χ0n) is 16.4. The van der Waals surface area contributed by atoms with Crippen molar-refractivity contribution in [3.63, 3.8) is 0 Å². The molecule has 2 amide bonds. The Hall–Kier alpha value is -4.02. The normalized spacial score (nSPS) is 9.62. The molecule has 164 valence electrons. The van der Waals surface area contributed by atoms with E-state index < -0.39 is 46.0 Å². The van der Waals surface area contributed by atoms with Gasteiger partial charge in [0.15, 0.2) is 0 Å². The van der Waals surface area contributed by atoms with Crippen molar-refractivity contribution in [1.29, 1.82) is 0 Å². The zero-order valence-corrected chi connectivity index (χ0v) is 18.1. The lowest BCUT2D eigenvalue weighted by Gasteiger charge is -2.15. The molecule has 2 heterocycles. The number of carboxylic acid groups (broad SMARTS) is 2. The van der Waals surface area contributed by atoms with Crippen molar-refractivity contribution in [1.82, 2.24) is 0 Å². The van der Waals surface area contributed by atoms with E-state index in [0.717, 1.165) is 0 Å². The third-order valence-corrected chi connectivity index (χ3v) is 5.24. The average molecular weight is 471 g/mol. The van der Waals surface area contributed by atoms with Crippen LogP contribution in [0.25, 0.3) is 10.8 Å². The number of rotatable bonds is 4. The van der Waals surface area contributed by atoms with Crippen molar-refractivity contribution >= 4 is 57.2 Å². The molecular formula is C22H18N2O6S2. The number of hydrogen-bond acceptors (Lipinski definition) is 6. The van der Waals surface area contributed by atoms with Crippen LogP contribution in [0, 0.1) is 0 Å². The fraction of sp³-hybridized carbons (Fsp3) is 0. The number of carbonyl (C=O) groups is 4. The molecule has 0 fully saturated rings. The fourth-order valence-corrected chi connectivity index (χ4v) is 3.74. The third-order valence-electron chi connectivity index (χ3n) is 3.99. The summed E-state index contributed by atoms with van der Waals surface area (Å²) in [5, 5.41) is 26.8. The number of amides is 2. The van der Waals surface area contributed by atoms with Gasteiger partial charge in [0.25, 0.3) is 0 Å². The van der Waals surface area contributed by atoms with E-state index in [1.54, 1.807) is 22.7 Å². The molecule has 0 atom stereocenters. The molecule has 0 spiro atoms. The number of thiophene rings is 2. The number of nitrogens with two attached hydrogens (primary N) is 2. The van der Waals surface area contributed by atoms with Crippen LogP contribution in [0.1, 0.15) is 41.4 Å². The maximum Gasteiger partial charge on any atom is 0.337 e. The molecule has 0 unspecified atom stereocenters. The average Bonchev–Trinajstić information content (AvgIpc) is 3.50. The van der Waals surface area contributed by atoms with Gasteiger partial charge in [0.2, 0.25) is 11.8 Å². The van der Waals surface area contributed by atoms with Gasteiger partial charge in [-0.3, -0.25) is 9.59 Å². The van der Waals surface area contributed by atoms with Crippen molar-refractivity contribution in [2.45, 2.75) is 0 Å². The monoisotopic (exact) mass is 470 g/mol. The lowest BCUT2D eigenvalue weighted by Crippen LogP contribution is -2.26. The first-order valence-corrected chi connectivity index (χ1v) is 10.7. The molecule has 2 aromatic heterocycles. The topological polar surface area (TPSA) is 161 Å². The van der Waals surface area contributed by atoms with Crippen LogP contribution in [-0.2, 0) is 0 Å². The summed E-state index contributed by atoms with van der Waals surface area (Å²) in [4.78, 5) is 46.2.